The first kappa shape index (κ1) is 15.4. The Morgan fingerprint density at radius 3 is 2.33 bits per heavy atom. The first-order chi connectivity index (χ1) is 9.88. The SMILES string of the molecule is CC(Nc1cc(Cl)c(Cl)cc1[N+](=O)[O-])c1ccc(N)cc1. The van der Waals surface area contributed by atoms with E-state index >= 15 is 0 Å². The van der Waals surface area contributed by atoms with Crippen LogP contribution in [-0.2, 0) is 0 Å². The van der Waals surface area contributed by atoms with Gasteiger partial charge in [-0.1, -0.05) is 35.3 Å². The highest BCUT2D eigenvalue weighted by molar-refractivity contribution is 6.42. The Morgan fingerprint density at radius 1 is 1.19 bits per heavy atom. The van der Waals surface area contributed by atoms with Crippen LogP contribution in [0.2, 0.25) is 10.0 Å². The van der Waals surface area contributed by atoms with Crippen LogP contribution in [0.4, 0.5) is 17.1 Å². The van der Waals surface area contributed by atoms with Crippen molar-refractivity contribution in [3.05, 3.63) is 62.1 Å². The molecule has 110 valence electrons. The largest absolute Gasteiger partial charge is 0.399 e. The fourth-order valence-corrected chi connectivity index (χ4v) is 2.23. The maximum absolute atomic E-state index is 11.1. The third-order valence-electron chi connectivity index (χ3n) is 3.04. The summed E-state index contributed by atoms with van der Waals surface area (Å²) in [7, 11) is 0. The summed E-state index contributed by atoms with van der Waals surface area (Å²) in [5.74, 6) is 0. The Bertz CT molecular complexity index is 675. The van der Waals surface area contributed by atoms with Crippen LogP contribution in [0.3, 0.4) is 0 Å². The highest BCUT2D eigenvalue weighted by atomic mass is 35.5. The third kappa shape index (κ3) is 3.56. The monoisotopic (exact) mass is 325 g/mol. The van der Waals surface area contributed by atoms with E-state index in [9.17, 15) is 10.1 Å². The van der Waals surface area contributed by atoms with Crippen LogP contribution in [0.1, 0.15) is 18.5 Å². The van der Waals surface area contributed by atoms with Gasteiger partial charge in [-0.3, -0.25) is 10.1 Å². The van der Waals surface area contributed by atoms with Crippen molar-refractivity contribution in [1.29, 1.82) is 0 Å². The van der Waals surface area contributed by atoms with Crippen LogP contribution >= 0.6 is 23.2 Å². The number of nitrogen functional groups attached to an aromatic ring is 1. The van der Waals surface area contributed by atoms with Gasteiger partial charge in [0.1, 0.15) is 5.69 Å². The van der Waals surface area contributed by atoms with E-state index in [0.717, 1.165) is 5.56 Å². The minimum absolute atomic E-state index is 0.119. The lowest BCUT2D eigenvalue weighted by molar-refractivity contribution is -0.384. The van der Waals surface area contributed by atoms with Crippen molar-refractivity contribution in [2.45, 2.75) is 13.0 Å². The second-order valence-corrected chi connectivity index (χ2v) is 5.39. The fraction of sp³-hybridized carbons (Fsp3) is 0.143. The lowest BCUT2D eigenvalue weighted by Crippen LogP contribution is -2.08. The first-order valence-corrected chi connectivity index (χ1v) is 6.89. The Balaban J connectivity index is 2.32. The zero-order chi connectivity index (χ0) is 15.6. The van der Waals surface area contributed by atoms with Gasteiger partial charge in [-0.05, 0) is 30.7 Å². The average Bonchev–Trinajstić information content (AvgIpc) is 2.43. The summed E-state index contributed by atoms with van der Waals surface area (Å²) in [5, 5.41) is 14.6. The van der Waals surface area contributed by atoms with Crippen LogP contribution in [0.15, 0.2) is 36.4 Å². The molecule has 2 aromatic carbocycles. The zero-order valence-corrected chi connectivity index (χ0v) is 12.7. The minimum atomic E-state index is -0.500. The van der Waals surface area contributed by atoms with Gasteiger partial charge in [0.2, 0.25) is 0 Å². The molecule has 1 atom stereocenters. The molecule has 0 aliphatic carbocycles. The number of nitrogens with one attached hydrogen (secondary N) is 1. The van der Waals surface area contributed by atoms with Crippen LogP contribution in [0.5, 0.6) is 0 Å². The van der Waals surface area contributed by atoms with Crippen molar-refractivity contribution in [2.24, 2.45) is 0 Å². The minimum Gasteiger partial charge on any atom is -0.399 e. The predicted octanol–water partition coefficient (Wildman–Crippen LogP) is 4.66. The molecular weight excluding hydrogens is 313 g/mol. The third-order valence-corrected chi connectivity index (χ3v) is 3.77. The maximum atomic E-state index is 11.1. The Labute approximate surface area is 131 Å². The molecule has 0 amide bonds. The van der Waals surface area contributed by atoms with Crippen LogP contribution in [-0.4, -0.2) is 4.92 Å². The Morgan fingerprint density at radius 2 is 1.76 bits per heavy atom. The summed E-state index contributed by atoms with van der Waals surface area (Å²) in [5.41, 5.74) is 7.44. The lowest BCUT2D eigenvalue weighted by Gasteiger charge is -2.16. The second kappa shape index (κ2) is 6.20. The molecule has 0 bridgehead atoms. The van der Waals surface area contributed by atoms with Gasteiger partial charge in [0, 0.05) is 17.8 Å². The van der Waals surface area contributed by atoms with Crippen molar-refractivity contribution in [3.8, 4) is 0 Å². The van der Waals surface area contributed by atoms with E-state index in [-0.39, 0.29) is 21.8 Å². The van der Waals surface area contributed by atoms with E-state index in [0.29, 0.717) is 11.4 Å². The van der Waals surface area contributed by atoms with Crippen molar-refractivity contribution in [3.63, 3.8) is 0 Å². The van der Waals surface area contributed by atoms with Crippen molar-refractivity contribution < 1.29 is 4.92 Å². The van der Waals surface area contributed by atoms with E-state index in [4.69, 9.17) is 28.9 Å². The van der Waals surface area contributed by atoms with Gasteiger partial charge in [0.15, 0.2) is 0 Å². The van der Waals surface area contributed by atoms with E-state index in [1.807, 2.05) is 19.1 Å². The summed E-state index contributed by atoms with van der Waals surface area (Å²) >= 11 is 11.8. The lowest BCUT2D eigenvalue weighted by atomic mass is 10.1. The second-order valence-electron chi connectivity index (χ2n) is 4.57. The van der Waals surface area contributed by atoms with Crippen LogP contribution < -0.4 is 11.1 Å². The molecule has 2 rings (SSSR count). The van der Waals surface area contributed by atoms with Gasteiger partial charge in [-0.25, -0.2) is 0 Å². The number of halogens is 2. The molecule has 1 unspecified atom stereocenters. The molecule has 0 fully saturated rings. The van der Waals surface area contributed by atoms with E-state index in [1.165, 1.54) is 12.1 Å². The topological polar surface area (TPSA) is 81.2 Å². The quantitative estimate of drug-likeness (QED) is 0.486. The molecule has 0 heterocycles. The molecule has 7 heteroatoms. The molecule has 0 saturated heterocycles. The maximum Gasteiger partial charge on any atom is 0.293 e. The molecule has 0 aromatic heterocycles. The predicted molar refractivity (Wildman–Crippen MR) is 86.0 cm³/mol. The van der Waals surface area contributed by atoms with Crippen molar-refractivity contribution in [2.75, 3.05) is 11.1 Å². The molecule has 0 aliphatic heterocycles. The molecule has 0 radical (unpaired) electrons. The molecule has 0 spiro atoms. The molecule has 0 aliphatic rings. The summed E-state index contributed by atoms with van der Waals surface area (Å²) < 4.78 is 0. The standard InChI is InChI=1S/C14H13Cl2N3O2/c1-8(9-2-4-10(17)5-3-9)18-13-6-11(15)12(16)7-14(13)19(20)21/h2-8,18H,17H2,1H3. The number of nitro groups is 1. The Hall–Kier alpha value is -1.98. The van der Waals surface area contributed by atoms with Gasteiger partial charge < -0.3 is 11.1 Å². The van der Waals surface area contributed by atoms with Crippen molar-refractivity contribution in [1.82, 2.24) is 0 Å². The molecular formula is C14H13Cl2N3O2. The summed E-state index contributed by atoms with van der Waals surface area (Å²) in [6, 6.07) is 9.80. The molecule has 3 N–H and O–H groups in total. The van der Waals surface area contributed by atoms with Gasteiger partial charge in [-0.2, -0.15) is 0 Å². The number of anilines is 2. The average molecular weight is 326 g/mol. The highest BCUT2D eigenvalue weighted by Crippen LogP contribution is 2.35. The number of rotatable bonds is 4. The molecule has 21 heavy (non-hydrogen) atoms. The van der Waals surface area contributed by atoms with E-state index in [1.54, 1.807) is 12.1 Å². The van der Waals surface area contributed by atoms with Gasteiger partial charge in [0.05, 0.1) is 15.0 Å². The number of nitro benzene ring substituents is 1. The highest BCUT2D eigenvalue weighted by Gasteiger charge is 2.19. The van der Waals surface area contributed by atoms with Gasteiger partial charge in [0.25, 0.3) is 5.69 Å². The summed E-state index contributed by atoms with van der Waals surface area (Å²) in [4.78, 5) is 10.6. The summed E-state index contributed by atoms with van der Waals surface area (Å²) in [6.45, 7) is 1.89. The summed E-state index contributed by atoms with van der Waals surface area (Å²) in [6.07, 6.45) is 0. The Kier molecular flexibility index (Phi) is 4.55. The van der Waals surface area contributed by atoms with E-state index in [2.05, 4.69) is 5.32 Å². The van der Waals surface area contributed by atoms with E-state index < -0.39 is 4.92 Å². The molecule has 0 saturated carbocycles. The number of hydrogen-bond acceptors (Lipinski definition) is 4. The normalized spacial score (nSPS) is 12.0. The fourth-order valence-electron chi connectivity index (χ4n) is 1.90. The number of nitrogens with two attached hydrogens (primary N) is 1. The smallest absolute Gasteiger partial charge is 0.293 e. The molecule has 2 aromatic rings. The number of benzene rings is 2. The first-order valence-electron chi connectivity index (χ1n) is 6.14. The zero-order valence-electron chi connectivity index (χ0n) is 11.1. The van der Waals surface area contributed by atoms with Crippen molar-refractivity contribution >= 4 is 40.3 Å². The number of hydrogen-bond donors (Lipinski definition) is 2. The van der Waals surface area contributed by atoms with Gasteiger partial charge in [-0.15, -0.1) is 0 Å². The molecule has 5 nitrogen and oxygen atoms in total. The van der Waals surface area contributed by atoms with Gasteiger partial charge >= 0.3 is 0 Å². The number of nitrogens with zero attached hydrogens (tertiary/aromatic N) is 1. The van der Waals surface area contributed by atoms with Crippen LogP contribution in [0, 0.1) is 10.1 Å². The van der Waals surface area contributed by atoms with Crippen LogP contribution in [0.25, 0.3) is 0 Å².